The van der Waals surface area contributed by atoms with Gasteiger partial charge >= 0.3 is 0 Å². The van der Waals surface area contributed by atoms with Gasteiger partial charge in [0.25, 0.3) is 5.91 Å². The van der Waals surface area contributed by atoms with Crippen LogP contribution in [0.4, 0.5) is 0 Å². The first-order valence-electron chi connectivity index (χ1n) is 9.18. The zero-order chi connectivity index (χ0) is 17.2. The fraction of sp³-hybridized carbons (Fsp3) is 0.882. The number of hydrogen-bond acceptors (Lipinski definition) is 4. The Hall–Kier alpha value is -0.950. The highest BCUT2D eigenvalue weighted by atomic mass is 32.2. The van der Waals surface area contributed by atoms with Crippen molar-refractivity contribution in [2.75, 3.05) is 57.9 Å². The molecule has 0 aliphatic carbocycles. The molecule has 7 heteroatoms. The Morgan fingerprint density at radius 3 is 2.62 bits per heavy atom. The number of ether oxygens (including phenoxy) is 1. The molecule has 0 saturated carbocycles. The Balaban J connectivity index is 1.78. The summed E-state index contributed by atoms with van der Waals surface area (Å²) in [6, 6.07) is 0. The molecule has 1 atom stereocenters. The number of thioether (sulfide) groups is 1. The number of nitrogens with zero attached hydrogens (tertiary/aromatic N) is 3. The van der Waals surface area contributed by atoms with E-state index in [1.165, 1.54) is 12.2 Å². The molecule has 0 aromatic carbocycles. The molecule has 2 rings (SSSR count). The van der Waals surface area contributed by atoms with Crippen molar-refractivity contribution in [1.29, 1.82) is 0 Å². The van der Waals surface area contributed by atoms with Crippen LogP contribution in [0.5, 0.6) is 0 Å². The molecule has 0 aromatic rings. The third-order valence-electron chi connectivity index (χ3n) is 4.45. The van der Waals surface area contributed by atoms with Gasteiger partial charge in [-0.05, 0) is 44.6 Å². The molecule has 2 aliphatic heterocycles. The van der Waals surface area contributed by atoms with Gasteiger partial charge in [-0.25, -0.2) is 0 Å². The number of amides is 1. The predicted octanol–water partition coefficient (Wildman–Crippen LogP) is 1.42. The highest BCUT2D eigenvalue weighted by Crippen LogP contribution is 2.16. The van der Waals surface area contributed by atoms with Crippen molar-refractivity contribution in [3.05, 3.63) is 0 Å². The van der Waals surface area contributed by atoms with E-state index >= 15 is 0 Å². The lowest BCUT2D eigenvalue weighted by atomic mass is 10.2. The fourth-order valence-corrected chi connectivity index (χ4v) is 3.58. The summed E-state index contributed by atoms with van der Waals surface area (Å²) in [5.41, 5.74) is 0. The van der Waals surface area contributed by atoms with Crippen LogP contribution < -0.4 is 5.32 Å². The van der Waals surface area contributed by atoms with Crippen molar-refractivity contribution in [3.8, 4) is 0 Å². The number of rotatable bonds is 7. The van der Waals surface area contributed by atoms with Crippen molar-refractivity contribution in [3.63, 3.8) is 0 Å². The standard InChI is InChI=1S/C17H32N4O2S/c1-3-18-17(19-8-4-5-14-24-2)21-11-9-20(10-12-21)16(22)15-7-6-13-23-15/h15H,3-14H2,1-2H3,(H,18,19). The topological polar surface area (TPSA) is 57.2 Å². The maximum atomic E-state index is 12.4. The molecule has 1 unspecified atom stereocenters. The highest BCUT2D eigenvalue weighted by Gasteiger charge is 2.30. The second kappa shape index (κ2) is 10.8. The van der Waals surface area contributed by atoms with E-state index < -0.39 is 0 Å². The first kappa shape index (κ1) is 19.4. The van der Waals surface area contributed by atoms with E-state index in [9.17, 15) is 4.79 Å². The third kappa shape index (κ3) is 5.84. The number of aliphatic imine (C=N–C) groups is 1. The zero-order valence-electron chi connectivity index (χ0n) is 15.1. The third-order valence-corrected chi connectivity index (χ3v) is 5.15. The quantitative estimate of drug-likeness (QED) is 0.425. The van der Waals surface area contributed by atoms with Gasteiger partial charge in [0.2, 0.25) is 0 Å². The summed E-state index contributed by atoms with van der Waals surface area (Å²) in [5.74, 6) is 2.37. The van der Waals surface area contributed by atoms with Gasteiger partial charge in [-0.15, -0.1) is 0 Å². The Morgan fingerprint density at radius 1 is 1.25 bits per heavy atom. The largest absolute Gasteiger partial charge is 0.368 e. The molecule has 0 spiro atoms. The van der Waals surface area contributed by atoms with Crippen molar-refractivity contribution in [2.24, 2.45) is 4.99 Å². The number of carbonyl (C=O) groups excluding carboxylic acids is 1. The molecule has 2 fully saturated rings. The molecule has 2 aliphatic rings. The Labute approximate surface area is 150 Å². The van der Waals surface area contributed by atoms with Crippen LogP contribution >= 0.6 is 11.8 Å². The van der Waals surface area contributed by atoms with Gasteiger partial charge in [-0.3, -0.25) is 9.79 Å². The van der Waals surface area contributed by atoms with Gasteiger partial charge in [0, 0.05) is 45.9 Å². The van der Waals surface area contributed by atoms with E-state index in [2.05, 4.69) is 23.4 Å². The molecular formula is C17H32N4O2S. The summed E-state index contributed by atoms with van der Waals surface area (Å²) in [7, 11) is 0. The number of carbonyl (C=O) groups is 1. The lowest BCUT2D eigenvalue weighted by molar-refractivity contribution is -0.142. The van der Waals surface area contributed by atoms with Gasteiger partial charge in [-0.1, -0.05) is 0 Å². The van der Waals surface area contributed by atoms with Crippen LogP contribution in [-0.4, -0.2) is 85.7 Å². The molecular weight excluding hydrogens is 324 g/mol. The minimum Gasteiger partial charge on any atom is -0.368 e. The maximum absolute atomic E-state index is 12.4. The van der Waals surface area contributed by atoms with Gasteiger partial charge < -0.3 is 19.9 Å². The fourth-order valence-electron chi connectivity index (χ4n) is 3.08. The van der Waals surface area contributed by atoms with E-state index in [1.807, 2.05) is 16.7 Å². The Morgan fingerprint density at radius 2 is 2.00 bits per heavy atom. The second-order valence-electron chi connectivity index (χ2n) is 6.25. The number of hydrogen-bond donors (Lipinski definition) is 1. The minimum absolute atomic E-state index is 0.172. The monoisotopic (exact) mass is 356 g/mol. The van der Waals surface area contributed by atoms with Gasteiger partial charge in [0.1, 0.15) is 6.10 Å². The summed E-state index contributed by atoms with van der Waals surface area (Å²) in [4.78, 5) is 21.4. The van der Waals surface area contributed by atoms with Gasteiger partial charge in [-0.2, -0.15) is 11.8 Å². The van der Waals surface area contributed by atoms with Crippen LogP contribution in [0.25, 0.3) is 0 Å². The lowest BCUT2D eigenvalue weighted by Gasteiger charge is -2.37. The number of unbranched alkanes of at least 4 members (excludes halogenated alkanes) is 1. The first-order chi connectivity index (χ1) is 11.8. The molecule has 1 N–H and O–H groups in total. The number of guanidine groups is 1. The van der Waals surface area contributed by atoms with Crippen LogP contribution in [0.15, 0.2) is 4.99 Å². The molecule has 6 nitrogen and oxygen atoms in total. The van der Waals surface area contributed by atoms with E-state index in [1.54, 1.807) is 0 Å². The summed E-state index contributed by atoms with van der Waals surface area (Å²) < 4.78 is 5.52. The van der Waals surface area contributed by atoms with Gasteiger partial charge in [0.05, 0.1) is 0 Å². The average Bonchev–Trinajstić information content (AvgIpc) is 3.15. The molecule has 0 aromatic heterocycles. The van der Waals surface area contributed by atoms with Gasteiger partial charge in [0.15, 0.2) is 5.96 Å². The van der Waals surface area contributed by atoms with Crippen LogP contribution in [0.3, 0.4) is 0 Å². The van der Waals surface area contributed by atoms with Crippen molar-refractivity contribution >= 4 is 23.6 Å². The number of piperazine rings is 1. The Bertz CT molecular complexity index is 405. The van der Waals surface area contributed by atoms with E-state index in [4.69, 9.17) is 9.73 Å². The summed E-state index contributed by atoms with van der Waals surface area (Å²) in [5, 5.41) is 3.38. The van der Waals surface area contributed by atoms with E-state index in [0.29, 0.717) is 0 Å². The lowest BCUT2D eigenvalue weighted by Crippen LogP contribution is -2.55. The summed E-state index contributed by atoms with van der Waals surface area (Å²) in [6.07, 6.45) is 6.17. The summed E-state index contributed by atoms with van der Waals surface area (Å²) in [6.45, 7) is 7.77. The molecule has 2 saturated heterocycles. The van der Waals surface area contributed by atoms with Crippen LogP contribution in [-0.2, 0) is 9.53 Å². The normalized spacial score (nSPS) is 22.1. The smallest absolute Gasteiger partial charge is 0.251 e. The second-order valence-corrected chi connectivity index (χ2v) is 7.24. The van der Waals surface area contributed by atoms with Crippen LogP contribution in [0.1, 0.15) is 32.6 Å². The van der Waals surface area contributed by atoms with E-state index in [0.717, 1.165) is 71.1 Å². The van der Waals surface area contributed by atoms with Crippen LogP contribution in [0.2, 0.25) is 0 Å². The minimum atomic E-state index is -0.199. The maximum Gasteiger partial charge on any atom is 0.251 e. The first-order valence-corrected chi connectivity index (χ1v) is 10.6. The molecule has 138 valence electrons. The van der Waals surface area contributed by atoms with Crippen molar-refractivity contribution < 1.29 is 9.53 Å². The molecule has 1 amide bonds. The average molecular weight is 357 g/mol. The Kier molecular flexibility index (Phi) is 8.74. The molecule has 24 heavy (non-hydrogen) atoms. The SMILES string of the molecule is CCNC(=NCCCCSC)N1CCN(C(=O)C2CCCO2)CC1. The highest BCUT2D eigenvalue weighted by molar-refractivity contribution is 7.98. The predicted molar refractivity (Wildman–Crippen MR) is 101 cm³/mol. The number of nitrogens with one attached hydrogen (secondary N) is 1. The van der Waals surface area contributed by atoms with Crippen LogP contribution in [0, 0.1) is 0 Å². The molecule has 2 heterocycles. The van der Waals surface area contributed by atoms with Crippen molar-refractivity contribution in [2.45, 2.75) is 38.7 Å². The van der Waals surface area contributed by atoms with Crippen molar-refractivity contribution in [1.82, 2.24) is 15.1 Å². The zero-order valence-corrected chi connectivity index (χ0v) is 15.9. The summed E-state index contributed by atoms with van der Waals surface area (Å²) >= 11 is 1.89. The molecule has 0 radical (unpaired) electrons. The molecule has 0 bridgehead atoms. The van der Waals surface area contributed by atoms with E-state index in [-0.39, 0.29) is 12.0 Å².